The zero-order valence-corrected chi connectivity index (χ0v) is 21.4. The second-order valence-electron chi connectivity index (χ2n) is 8.16. The van der Waals surface area contributed by atoms with Crippen LogP contribution in [0.25, 0.3) is 0 Å². The fraction of sp³-hybridized carbons (Fsp3) is 0.192. The molecule has 1 fully saturated rings. The fourth-order valence-corrected chi connectivity index (χ4v) is 5.62. The monoisotopic (exact) mass is 554 g/mol. The molecule has 0 atom stereocenters. The van der Waals surface area contributed by atoms with Crippen LogP contribution in [0.5, 0.6) is 0 Å². The number of piperazine rings is 1. The third kappa shape index (κ3) is 5.27. The van der Waals surface area contributed by atoms with E-state index in [1.54, 1.807) is 53.4 Å². The van der Waals surface area contributed by atoms with Crippen LogP contribution in [0, 0.1) is 0 Å². The number of Topliss-reactive ketones (excluding diaryl/α,β-unsaturated/α-hetero) is 1. The van der Waals surface area contributed by atoms with E-state index in [-0.39, 0.29) is 54.1 Å². The van der Waals surface area contributed by atoms with Crippen molar-refractivity contribution in [2.75, 3.05) is 26.2 Å². The molecule has 1 aliphatic rings. The summed E-state index contributed by atoms with van der Waals surface area (Å²) < 4.78 is 28.2. The van der Waals surface area contributed by atoms with Crippen molar-refractivity contribution < 1.29 is 22.8 Å². The number of hydrogen-bond donors (Lipinski definition) is 0. The summed E-state index contributed by atoms with van der Waals surface area (Å²) >= 11 is 3.35. The van der Waals surface area contributed by atoms with Crippen LogP contribution in [-0.2, 0) is 10.0 Å². The van der Waals surface area contributed by atoms with Crippen molar-refractivity contribution in [1.82, 2.24) is 9.21 Å². The molecule has 180 valence electrons. The van der Waals surface area contributed by atoms with Gasteiger partial charge in [-0.1, -0.05) is 46.3 Å². The van der Waals surface area contributed by atoms with Gasteiger partial charge >= 0.3 is 0 Å². The predicted octanol–water partition coefficient (Wildman–Crippen LogP) is 4.03. The number of amides is 1. The lowest BCUT2D eigenvalue weighted by molar-refractivity contribution is 0.0694. The molecule has 1 aliphatic heterocycles. The van der Waals surface area contributed by atoms with Gasteiger partial charge in [0.2, 0.25) is 10.0 Å². The standard InChI is InChI=1S/C26H23BrN2O5S/c1-18(30)19-8-12-22(13-9-19)35(33,34)29-16-14-28(15-17-29)26(32)24-5-3-2-4-23(24)25(31)20-6-10-21(27)11-7-20/h2-13H,14-17H2,1H3. The second kappa shape index (κ2) is 10.2. The van der Waals surface area contributed by atoms with Crippen LogP contribution in [0.3, 0.4) is 0 Å². The Morgan fingerprint density at radius 1 is 0.743 bits per heavy atom. The number of benzene rings is 3. The second-order valence-corrected chi connectivity index (χ2v) is 11.0. The highest BCUT2D eigenvalue weighted by atomic mass is 79.9. The van der Waals surface area contributed by atoms with E-state index in [1.807, 2.05) is 0 Å². The van der Waals surface area contributed by atoms with E-state index in [9.17, 15) is 22.8 Å². The van der Waals surface area contributed by atoms with Gasteiger partial charge in [-0.2, -0.15) is 4.31 Å². The highest BCUT2D eigenvalue weighted by Crippen LogP contribution is 2.22. The maximum atomic E-state index is 13.3. The van der Waals surface area contributed by atoms with Crippen LogP contribution < -0.4 is 0 Å². The quantitative estimate of drug-likeness (QED) is 0.429. The Bertz CT molecular complexity index is 1380. The Labute approximate surface area is 212 Å². The fourth-order valence-electron chi connectivity index (χ4n) is 3.94. The van der Waals surface area contributed by atoms with Crippen LogP contribution in [0.4, 0.5) is 0 Å². The van der Waals surface area contributed by atoms with E-state index in [0.717, 1.165) is 4.47 Å². The van der Waals surface area contributed by atoms with Crippen molar-refractivity contribution in [2.24, 2.45) is 0 Å². The average molecular weight is 555 g/mol. The molecule has 1 amide bonds. The summed E-state index contributed by atoms with van der Waals surface area (Å²) in [7, 11) is -3.75. The van der Waals surface area contributed by atoms with Crippen molar-refractivity contribution >= 4 is 43.4 Å². The summed E-state index contributed by atoms with van der Waals surface area (Å²) in [5.41, 5.74) is 1.51. The molecule has 0 radical (unpaired) electrons. The molecule has 0 N–H and O–H groups in total. The largest absolute Gasteiger partial charge is 0.336 e. The number of carbonyl (C=O) groups is 3. The van der Waals surface area contributed by atoms with Crippen LogP contribution >= 0.6 is 15.9 Å². The molecule has 35 heavy (non-hydrogen) atoms. The van der Waals surface area contributed by atoms with E-state index in [4.69, 9.17) is 0 Å². The van der Waals surface area contributed by atoms with Crippen molar-refractivity contribution in [1.29, 1.82) is 0 Å². The Morgan fingerprint density at radius 3 is 1.86 bits per heavy atom. The molecule has 7 nitrogen and oxygen atoms in total. The van der Waals surface area contributed by atoms with E-state index in [2.05, 4.69) is 15.9 Å². The van der Waals surface area contributed by atoms with Gasteiger partial charge in [-0.25, -0.2) is 8.42 Å². The van der Waals surface area contributed by atoms with Crippen LogP contribution in [-0.4, -0.2) is 61.3 Å². The lowest BCUT2D eigenvalue weighted by Gasteiger charge is -2.34. The zero-order valence-electron chi connectivity index (χ0n) is 19.0. The van der Waals surface area contributed by atoms with Gasteiger partial charge in [-0.05, 0) is 49.4 Å². The van der Waals surface area contributed by atoms with E-state index in [0.29, 0.717) is 16.7 Å². The van der Waals surface area contributed by atoms with E-state index in [1.165, 1.54) is 35.5 Å². The molecular weight excluding hydrogens is 532 g/mol. The summed E-state index contributed by atoms with van der Waals surface area (Å²) in [5.74, 6) is -0.703. The zero-order chi connectivity index (χ0) is 25.2. The van der Waals surface area contributed by atoms with Crippen LogP contribution in [0.2, 0.25) is 0 Å². The smallest absolute Gasteiger partial charge is 0.254 e. The molecular formula is C26H23BrN2O5S. The molecule has 1 saturated heterocycles. The molecule has 0 bridgehead atoms. The minimum absolute atomic E-state index is 0.104. The molecule has 0 unspecified atom stereocenters. The average Bonchev–Trinajstić information content (AvgIpc) is 2.88. The van der Waals surface area contributed by atoms with E-state index >= 15 is 0 Å². The van der Waals surface area contributed by atoms with Crippen LogP contribution in [0.1, 0.15) is 43.6 Å². The Balaban J connectivity index is 1.48. The first-order chi connectivity index (χ1) is 16.7. The molecule has 4 rings (SSSR count). The summed E-state index contributed by atoms with van der Waals surface area (Å²) in [6.07, 6.45) is 0. The van der Waals surface area contributed by atoms with Gasteiger partial charge in [-0.3, -0.25) is 14.4 Å². The number of hydrogen-bond acceptors (Lipinski definition) is 5. The minimum Gasteiger partial charge on any atom is -0.336 e. The third-order valence-electron chi connectivity index (χ3n) is 5.93. The summed E-state index contributed by atoms with van der Waals surface area (Å²) in [5, 5.41) is 0. The van der Waals surface area contributed by atoms with Crippen molar-refractivity contribution in [3.63, 3.8) is 0 Å². The van der Waals surface area contributed by atoms with Gasteiger partial charge in [0, 0.05) is 47.3 Å². The number of ketones is 2. The number of halogens is 1. The molecule has 9 heteroatoms. The van der Waals surface area contributed by atoms with Gasteiger partial charge in [0.25, 0.3) is 5.91 Å². The van der Waals surface area contributed by atoms with Gasteiger partial charge in [-0.15, -0.1) is 0 Å². The topological polar surface area (TPSA) is 91.8 Å². The molecule has 0 spiro atoms. The number of rotatable bonds is 6. The van der Waals surface area contributed by atoms with Gasteiger partial charge in [0.15, 0.2) is 11.6 Å². The first-order valence-electron chi connectivity index (χ1n) is 11.0. The van der Waals surface area contributed by atoms with Crippen molar-refractivity contribution in [3.05, 3.63) is 99.5 Å². The Kier molecular flexibility index (Phi) is 7.30. The van der Waals surface area contributed by atoms with Crippen molar-refractivity contribution in [2.45, 2.75) is 11.8 Å². The molecule has 0 aliphatic carbocycles. The minimum atomic E-state index is -3.75. The third-order valence-corrected chi connectivity index (χ3v) is 8.37. The van der Waals surface area contributed by atoms with Gasteiger partial charge in [0.1, 0.15) is 0 Å². The molecule has 3 aromatic carbocycles. The Morgan fingerprint density at radius 2 is 1.29 bits per heavy atom. The van der Waals surface area contributed by atoms with Crippen molar-refractivity contribution in [3.8, 4) is 0 Å². The summed E-state index contributed by atoms with van der Waals surface area (Å²) in [6, 6.07) is 19.4. The highest BCUT2D eigenvalue weighted by Gasteiger charge is 2.31. The lowest BCUT2D eigenvalue weighted by atomic mass is 9.97. The highest BCUT2D eigenvalue weighted by molar-refractivity contribution is 9.10. The number of nitrogens with zero attached hydrogens (tertiary/aromatic N) is 2. The summed E-state index contributed by atoms with van der Waals surface area (Å²) in [4.78, 5) is 39.5. The Hall–Kier alpha value is -3.14. The number of sulfonamides is 1. The molecule has 0 saturated carbocycles. The lowest BCUT2D eigenvalue weighted by Crippen LogP contribution is -2.50. The maximum Gasteiger partial charge on any atom is 0.254 e. The first-order valence-corrected chi connectivity index (χ1v) is 13.2. The van der Waals surface area contributed by atoms with Gasteiger partial charge in [0.05, 0.1) is 10.5 Å². The maximum absolute atomic E-state index is 13.3. The number of carbonyl (C=O) groups excluding carboxylic acids is 3. The SMILES string of the molecule is CC(=O)c1ccc(S(=O)(=O)N2CCN(C(=O)c3ccccc3C(=O)c3ccc(Br)cc3)CC2)cc1. The van der Waals surface area contributed by atoms with Crippen LogP contribution in [0.15, 0.2) is 82.2 Å². The summed E-state index contributed by atoms with van der Waals surface area (Å²) in [6.45, 7) is 2.08. The molecule has 3 aromatic rings. The molecule has 1 heterocycles. The first kappa shape index (κ1) is 25.0. The predicted molar refractivity (Wildman–Crippen MR) is 135 cm³/mol. The molecule has 0 aromatic heterocycles. The van der Waals surface area contributed by atoms with Gasteiger partial charge < -0.3 is 4.90 Å². The van der Waals surface area contributed by atoms with E-state index < -0.39 is 10.0 Å². The normalized spacial score (nSPS) is 14.5.